The van der Waals surface area contributed by atoms with Crippen LogP contribution in [0, 0.1) is 0 Å². The number of carbonyl (C=O) groups is 3. The number of carboxylic acids is 1. The number of ether oxygens (including phenoxy) is 3. The number of hydrogen-bond acceptors (Lipinski definition) is 7. The van der Waals surface area contributed by atoms with Crippen LogP contribution in [0.5, 0.6) is 0 Å². The lowest BCUT2D eigenvalue weighted by molar-refractivity contribution is -0.168. The van der Waals surface area contributed by atoms with Gasteiger partial charge >= 0.3 is 12.1 Å². The molecule has 0 saturated heterocycles. The molecule has 2 amide bonds. The van der Waals surface area contributed by atoms with Crippen molar-refractivity contribution in [1.29, 1.82) is 0 Å². The Bertz CT molecular complexity index is 1010. The van der Waals surface area contributed by atoms with E-state index in [-0.39, 0.29) is 32.2 Å². The van der Waals surface area contributed by atoms with Crippen LogP contribution in [0.2, 0.25) is 0 Å². The molecule has 0 heterocycles. The highest BCUT2D eigenvalue weighted by atomic mass is 16.7. The summed E-state index contributed by atoms with van der Waals surface area (Å²) in [6.07, 6.45) is -2.11. The molecule has 1 aliphatic carbocycles. The van der Waals surface area contributed by atoms with Gasteiger partial charge in [0.2, 0.25) is 6.10 Å². The molecular weight excluding hydrogens is 456 g/mol. The van der Waals surface area contributed by atoms with E-state index >= 15 is 0 Å². The van der Waals surface area contributed by atoms with Crippen LogP contribution in [0.15, 0.2) is 48.5 Å². The Labute approximate surface area is 203 Å². The maximum Gasteiger partial charge on any atom is 0.408 e. The average molecular weight is 487 g/mol. The molecule has 0 bridgehead atoms. The van der Waals surface area contributed by atoms with Gasteiger partial charge in [0.05, 0.1) is 13.2 Å². The number of fused-ring (bicyclic) bond motifs is 3. The van der Waals surface area contributed by atoms with Crippen molar-refractivity contribution in [3.8, 4) is 11.1 Å². The number of hydroxylamine groups is 1. The largest absolute Gasteiger partial charge is 0.479 e. The molecule has 0 aliphatic heterocycles. The maximum atomic E-state index is 12.9. The molecule has 3 rings (SSSR count). The number of carbonyl (C=O) groups excluding carboxylic acids is 2. The van der Waals surface area contributed by atoms with Gasteiger partial charge in [-0.1, -0.05) is 55.5 Å². The van der Waals surface area contributed by atoms with E-state index in [1.165, 1.54) is 14.2 Å². The highest BCUT2D eigenvalue weighted by Gasteiger charge is 2.40. The third kappa shape index (κ3) is 5.79. The van der Waals surface area contributed by atoms with Gasteiger partial charge in [-0.15, -0.1) is 0 Å². The van der Waals surface area contributed by atoms with Crippen LogP contribution in [0.1, 0.15) is 30.4 Å². The molecule has 0 aromatic heterocycles. The minimum Gasteiger partial charge on any atom is -0.479 e. The molecule has 0 radical (unpaired) electrons. The first-order chi connectivity index (χ1) is 16.9. The van der Waals surface area contributed by atoms with E-state index in [9.17, 15) is 14.4 Å². The van der Waals surface area contributed by atoms with Crippen LogP contribution in [0.3, 0.4) is 0 Å². The standard InChI is InChI=1S/C25H30N2O8/c1-4-25(15-33-3,23(30)27-35-21(14-32-2)22(28)29)26-24(31)34-13-20-18-11-7-5-9-16(18)17-10-6-8-12-19(17)20/h5-12,20-21H,4,13-15H2,1-3H3,(H,26,31)(H,27,30)(H,28,29). The minimum absolute atomic E-state index is 0.0691. The number of amides is 2. The van der Waals surface area contributed by atoms with Crippen LogP contribution in [0.25, 0.3) is 11.1 Å². The first-order valence-electron chi connectivity index (χ1n) is 11.2. The third-order valence-electron chi connectivity index (χ3n) is 6.00. The monoisotopic (exact) mass is 486 g/mol. The molecule has 1 aliphatic rings. The van der Waals surface area contributed by atoms with Crippen LogP contribution in [0.4, 0.5) is 4.79 Å². The molecule has 35 heavy (non-hydrogen) atoms. The van der Waals surface area contributed by atoms with E-state index in [0.29, 0.717) is 0 Å². The van der Waals surface area contributed by atoms with E-state index in [4.69, 9.17) is 24.2 Å². The predicted octanol–water partition coefficient (Wildman–Crippen LogP) is 2.47. The SMILES string of the molecule is CCC(COC)(NC(=O)OCC1c2ccccc2-c2ccccc21)C(=O)NOC(COC)C(=O)O. The molecule has 2 unspecified atom stereocenters. The van der Waals surface area contributed by atoms with E-state index in [2.05, 4.69) is 10.8 Å². The Hall–Kier alpha value is -3.47. The summed E-state index contributed by atoms with van der Waals surface area (Å²) in [5, 5.41) is 11.7. The van der Waals surface area contributed by atoms with Gasteiger partial charge in [-0.2, -0.15) is 0 Å². The quantitative estimate of drug-likeness (QED) is 0.390. The van der Waals surface area contributed by atoms with Gasteiger partial charge in [0.25, 0.3) is 5.91 Å². The van der Waals surface area contributed by atoms with E-state index in [1.807, 2.05) is 48.5 Å². The minimum atomic E-state index is -1.55. The highest BCUT2D eigenvalue weighted by molar-refractivity contribution is 5.89. The summed E-state index contributed by atoms with van der Waals surface area (Å²) >= 11 is 0. The van der Waals surface area contributed by atoms with Crippen LogP contribution in [-0.4, -0.2) is 68.8 Å². The molecule has 2 aromatic rings. The van der Waals surface area contributed by atoms with Crippen molar-refractivity contribution in [2.45, 2.75) is 30.9 Å². The molecule has 2 aromatic carbocycles. The van der Waals surface area contributed by atoms with Gasteiger partial charge in [-0.25, -0.2) is 15.1 Å². The number of aliphatic carboxylic acids is 1. The zero-order chi connectivity index (χ0) is 25.4. The van der Waals surface area contributed by atoms with Gasteiger partial charge in [0, 0.05) is 20.1 Å². The first-order valence-corrected chi connectivity index (χ1v) is 11.2. The number of alkyl carbamates (subject to hydrolysis) is 1. The fraction of sp³-hybridized carbons (Fsp3) is 0.400. The Kier molecular flexibility index (Phi) is 8.80. The number of hydrogen-bond donors (Lipinski definition) is 3. The van der Waals surface area contributed by atoms with Crippen molar-refractivity contribution >= 4 is 18.0 Å². The fourth-order valence-corrected chi connectivity index (χ4v) is 4.12. The third-order valence-corrected chi connectivity index (χ3v) is 6.00. The summed E-state index contributed by atoms with van der Waals surface area (Å²) in [5.74, 6) is -2.24. The summed E-state index contributed by atoms with van der Waals surface area (Å²) in [7, 11) is 2.68. The normalized spacial score (nSPS) is 14.8. The zero-order valence-electron chi connectivity index (χ0n) is 19.9. The van der Waals surface area contributed by atoms with E-state index in [1.54, 1.807) is 6.92 Å². The first kappa shape index (κ1) is 26.1. The Morgan fingerprint density at radius 3 is 2.11 bits per heavy atom. The van der Waals surface area contributed by atoms with Crippen molar-refractivity contribution in [1.82, 2.24) is 10.8 Å². The van der Waals surface area contributed by atoms with Crippen molar-refractivity contribution in [2.75, 3.05) is 34.0 Å². The number of rotatable bonds is 12. The van der Waals surface area contributed by atoms with E-state index < -0.39 is 29.6 Å². The van der Waals surface area contributed by atoms with Gasteiger partial charge in [-0.3, -0.25) is 9.63 Å². The zero-order valence-corrected chi connectivity index (χ0v) is 19.9. The van der Waals surface area contributed by atoms with Crippen LogP contribution < -0.4 is 10.8 Å². The van der Waals surface area contributed by atoms with Crippen molar-refractivity contribution in [2.24, 2.45) is 0 Å². The molecule has 0 spiro atoms. The fourth-order valence-electron chi connectivity index (χ4n) is 4.12. The second-order valence-corrected chi connectivity index (χ2v) is 8.15. The van der Waals surface area contributed by atoms with Crippen molar-refractivity contribution in [3.63, 3.8) is 0 Å². The number of nitrogens with one attached hydrogen (secondary N) is 2. The summed E-state index contributed by atoms with van der Waals surface area (Å²) in [6.45, 7) is 1.27. The number of benzene rings is 2. The van der Waals surface area contributed by atoms with Crippen molar-refractivity contribution < 1.29 is 38.5 Å². The predicted molar refractivity (Wildman–Crippen MR) is 126 cm³/mol. The Morgan fingerprint density at radius 1 is 1.00 bits per heavy atom. The topological polar surface area (TPSA) is 132 Å². The Morgan fingerprint density at radius 2 is 1.60 bits per heavy atom. The lowest BCUT2D eigenvalue weighted by Gasteiger charge is -2.31. The molecule has 0 fully saturated rings. The van der Waals surface area contributed by atoms with Crippen LogP contribution in [-0.2, 0) is 28.6 Å². The molecule has 0 saturated carbocycles. The molecular formula is C25H30N2O8. The lowest BCUT2D eigenvalue weighted by atomic mass is 9.96. The average Bonchev–Trinajstić information content (AvgIpc) is 3.18. The Balaban J connectivity index is 1.69. The van der Waals surface area contributed by atoms with Gasteiger partial charge < -0.3 is 24.6 Å². The summed E-state index contributed by atoms with van der Waals surface area (Å²) in [5.41, 5.74) is 4.87. The maximum absolute atomic E-state index is 12.9. The second kappa shape index (κ2) is 11.8. The molecule has 10 nitrogen and oxygen atoms in total. The van der Waals surface area contributed by atoms with E-state index in [0.717, 1.165) is 22.3 Å². The van der Waals surface area contributed by atoms with Crippen molar-refractivity contribution in [3.05, 3.63) is 59.7 Å². The number of carboxylic acid groups (broad SMARTS) is 1. The second-order valence-electron chi connectivity index (χ2n) is 8.15. The molecule has 2 atom stereocenters. The van der Waals surface area contributed by atoms with Gasteiger partial charge in [-0.05, 0) is 28.7 Å². The van der Waals surface area contributed by atoms with Gasteiger partial charge in [0.1, 0.15) is 12.1 Å². The van der Waals surface area contributed by atoms with Gasteiger partial charge in [0.15, 0.2) is 0 Å². The molecule has 188 valence electrons. The molecule has 10 heteroatoms. The number of methoxy groups -OCH3 is 2. The smallest absolute Gasteiger partial charge is 0.408 e. The highest BCUT2D eigenvalue weighted by Crippen LogP contribution is 2.44. The molecule has 3 N–H and O–H groups in total. The lowest BCUT2D eigenvalue weighted by Crippen LogP contribution is -2.62. The van der Waals surface area contributed by atoms with Crippen LogP contribution >= 0.6 is 0 Å². The summed E-state index contributed by atoms with van der Waals surface area (Å²) < 4.78 is 15.5. The summed E-state index contributed by atoms with van der Waals surface area (Å²) in [6, 6.07) is 15.9. The summed E-state index contributed by atoms with van der Waals surface area (Å²) in [4.78, 5) is 42.0.